The van der Waals surface area contributed by atoms with Crippen molar-refractivity contribution in [2.24, 2.45) is 0 Å². The fourth-order valence-corrected chi connectivity index (χ4v) is 14.4. The molecule has 3 atom stereocenters. The molecule has 0 saturated heterocycles. The van der Waals surface area contributed by atoms with Crippen LogP contribution in [0, 0.1) is 0 Å². The number of likely N-dealkylation sites (N-methyl/N-ethyl adjacent to an activating group) is 3. The molecule has 98 heavy (non-hydrogen) atoms. The predicted octanol–water partition coefficient (Wildman–Crippen LogP) is 15.2. The van der Waals surface area contributed by atoms with E-state index in [0.717, 1.165) is 89.8 Å². The lowest BCUT2D eigenvalue weighted by molar-refractivity contribution is 0.0642. The Balaban J connectivity index is 0.000000177. The summed E-state index contributed by atoms with van der Waals surface area (Å²) < 4.78 is 8.20. The van der Waals surface area contributed by atoms with Crippen molar-refractivity contribution in [3.8, 4) is 0 Å². The summed E-state index contributed by atoms with van der Waals surface area (Å²) in [6, 6.07) is 49.7. The molecule has 11 rings (SSSR count). The van der Waals surface area contributed by atoms with Crippen LogP contribution >= 0.6 is 93.4 Å². The molecule has 0 fully saturated rings. The van der Waals surface area contributed by atoms with Gasteiger partial charge in [0.1, 0.15) is 32.0 Å². The van der Waals surface area contributed by atoms with Crippen molar-refractivity contribution in [2.75, 3.05) is 81.6 Å². The van der Waals surface area contributed by atoms with Crippen LogP contribution in [0.15, 0.2) is 196 Å². The number of fused-ring (bicyclic) bond motifs is 3. The minimum absolute atomic E-state index is 0.0219. The van der Waals surface area contributed by atoms with Crippen LogP contribution < -0.4 is 27.3 Å². The number of amides is 1. The molecule has 17 nitrogen and oxygen atoms in total. The Bertz CT molecular complexity index is 4530. The fraction of sp³-hybridized carbons (Fsp3) is 0.324. The molecule has 5 aromatic carbocycles. The van der Waals surface area contributed by atoms with Gasteiger partial charge in [-0.3, -0.25) is 37.7 Å². The summed E-state index contributed by atoms with van der Waals surface area (Å²) >= 11 is 19.9. The van der Waals surface area contributed by atoms with E-state index >= 15 is 0 Å². The Hall–Kier alpha value is -6.71. The molecule has 2 N–H and O–H groups in total. The average Bonchev–Trinajstić information content (AvgIpc) is 1.39. The molecule has 0 spiro atoms. The molecule has 516 valence electrons. The zero-order chi connectivity index (χ0) is 70.4. The van der Waals surface area contributed by atoms with Crippen molar-refractivity contribution >= 4 is 135 Å². The highest BCUT2D eigenvalue weighted by atomic mass is 79.9. The lowest BCUT2D eigenvalue weighted by Gasteiger charge is -2.33. The molecule has 3 unspecified atom stereocenters. The number of rotatable bonds is 26. The number of carbonyl (C=O) groups excluding carboxylic acids is 2. The van der Waals surface area contributed by atoms with E-state index in [0.29, 0.717) is 77.1 Å². The maximum absolute atomic E-state index is 13.8. The quantitative estimate of drug-likeness (QED) is 0.0490. The molecule has 6 heterocycles. The number of nitrogens with one attached hydrogen (secondary N) is 2. The molecule has 0 aliphatic heterocycles. The smallest absolute Gasteiger partial charge is 0.262 e. The van der Waals surface area contributed by atoms with Gasteiger partial charge in [0.25, 0.3) is 27.8 Å². The standard InChI is InChI=1S/C27H29BrN4O2S.C20H25BrN4OS.C20H26N4OS.C7H4BrClO/c1-4-23(31(16-15-30(2)3)26(33)20-10-12-21(28)13-11-20)24-29-25-22(14-17-35-25)27(34)32(24)18-19-8-6-5-7-9-19;1-4-16(22-10-11-24(2)3)18-23-19-15(12-17(21)27-19)20(26)25(18)13-14-8-6-5-7-9-14;1-4-17(21-11-12-23(2)3)18-22-19-16(10-13-26-19)20(25)24(18)14-15-8-6-5-7-9-15;8-6-3-1-5(2-4-6)7(9)10/h5-14,17,23H,4,15-16,18H2,1-3H3;5-9,12,16,22H,4,10-11,13H2,1-3H3;5-10,13,17,21H,4,11-12,14H2,1-3H3;1-4H. The second kappa shape index (κ2) is 38.2. The number of benzene rings is 5. The highest BCUT2D eigenvalue weighted by Gasteiger charge is 2.30. The number of thiophene rings is 3. The van der Waals surface area contributed by atoms with E-state index in [9.17, 15) is 24.0 Å². The highest BCUT2D eigenvalue weighted by molar-refractivity contribution is 9.11. The van der Waals surface area contributed by atoms with E-state index < -0.39 is 5.24 Å². The van der Waals surface area contributed by atoms with Crippen LogP contribution in [-0.4, -0.2) is 141 Å². The summed E-state index contributed by atoms with van der Waals surface area (Å²) in [7, 11) is 12.2. The average molecular weight is 1590 g/mol. The first-order valence-corrected chi connectivity index (χ1v) is 37.7. The molecule has 0 aliphatic carbocycles. The molecule has 0 aliphatic rings. The van der Waals surface area contributed by atoms with Gasteiger partial charge in [0.05, 0.1) is 57.7 Å². The minimum Gasteiger partial charge on any atom is -0.327 e. The van der Waals surface area contributed by atoms with E-state index in [-0.39, 0.29) is 40.7 Å². The highest BCUT2D eigenvalue weighted by Crippen LogP contribution is 2.31. The lowest BCUT2D eigenvalue weighted by Crippen LogP contribution is -2.42. The normalized spacial score (nSPS) is 12.2. The second-order valence-electron chi connectivity index (χ2n) is 24.0. The zero-order valence-corrected chi connectivity index (χ0v) is 64.6. The number of carbonyl (C=O) groups is 2. The van der Waals surface area contributed by atoms with Crippen molar-refractivity contribution in [1.29, 1.82) is 0 Å². The molecule has 24 heteroatoms. The monoisotopic (exact) mass is 1590 g/mol. The van der Waals surface area contributed by atoms with E-state index in [4.69, 9.17) is 26.6 Å². The van der Waals surface area contributed by atoms with Crippen LogP contribution in [0.4, 0.5) is 0 Å². The maximum atomic E-state index is 13.8. The molecule has 0 saturated carbocycles. The summed E-state index contributed by atoms with van der Waals surface area (Å²) in [5, 5.41) is 12.5. The van der Waals surface area contributed by atoms with Crippen LogP contribution in [0.25, 0.3) is 30.6 Å². The second-order valence-corrected chi connectivity index (χ2v) is 30.4. The predicted molar refractivity (Wildman–Crippen MR) is 416 cm³/mol. The van der Waals surface area contributed by atoms with Gasteiger partial charge in [-0.15, -0.1) is 34.0 Å². The van der Waals surface area contributed by atoms with Crippen molar-refractivity contribution < 1.29 is 9.59 Å². The van der Waals surface area contributed by atoms with E-state index in [1.165, 1.54) is 34.0 Å². The summed E-state index contributed by atoms with van der Waals surface area (Å²) in [5.41, 5.74) is 4.34. The molecule has 0 bridgehead atoms. The minimum atomic E-state index is -0.424. The van der Waals surface area contributed by atoms with Crippen LogP contribution in [-0.2, 0) is 19.6 Å². The number of halogens is 4. The number of aromatic nitrogens is 6. The van der Waals surface area contributed by atoms with Gasteiger partial charge in [0.2, 0.25) is 0 Å². The van der Waals surface area contributed by atoms with Gasteiger partial charge in [0.15, 0.2) is 0 Å². The summed E-state index contributed by atoms with van der Waals surface area (Å²) in [6.07, 6.45) is 2.38. The number of hydrogen-bond acceptors (Lipinski definition) is 16. The van der Waals surface area contributed by atoms with Crippen molar-refractivity contribution in [3.05, 3.63) is 258 Å². The van der Waals surface area contributed by atoms with Gasteiger partial charge in [-0.05, 0) is 183 Å². The van der Waals surface area contributed by atoms with Crippen LogP contribution in [0.1, 0.15) is 113 Å². The van der Waals surface area contributed by atoms with Crippen LogP contribution in [0.5, 0.6) is 0 Å². The third-order valence-corrected chi connectivity index (χ3v) is 20.5. The first-order chi connectivity index (χ1) is 47.2. The Morgan fingerprint density at radius 1 is 0.480 bits per heavy atom. The first kappa shape index (κ1) is 77.0. The summed E-state index contributed by atoms with van der Waals surface area (Å²) in [6.45, 7) is 12.6. The summed E-state index contributed by atoms with van der Waals surface area (Å²) in [5.74, 6) is 2.19. The van der Waals surface area contributed by atoms with Crippen LogP contribution in [0.2, 0.25) is 0 Å². The summed E-state index contributed by atoms with van der Waals surface area (Å²) in [4.78, 5) is 89.5. The molecular weight excluding hydrogens is 1510 g/mol. The first-order valence-electron chi connectivity index (χ1n) is 32.4. The van der Waals surface area contributed by atoms with Gasteiger partial charge in [-0.1, -0.05) is 144 Å². The van der Waals surface area contributed by atoms with E-state index in [1.807, 2.05) is 167 Å². The number of nitrogens with zero attached hydrogens (tertiary/aromatic N) is 10. The SMILES string of the molecule is CCC(NCCN(C)C)c1nc2sc(Br)cc2c(=O)n1Cc1ccccc1.CCC(NCCN(C)C)c1nc2sccc2c(=O)n1Cc1ccccc1.CCC(c1nc2sccc2c(=O)n1Cc1ccccc1)N(CCN(C)C)C(=O)c1ccc(Br)cc1.O=C(Cl)c1ccc(Br)cc1. The Kier molecular flexibility index (Phi) is 30.0. The Morgan fingerprint density at radius 2 is 0.867 bits per heavy atom. The van der Waals surface area contributed by atoms with Gasteiger partial charge >= 0.3 is 0 Å². The van der Waals surface area contributed by atoms with Crippen molar-refractivity contribution in [3.63, 3.8) is 0 Å². The largest absolute Gasteiger partial charge is 0.327 e. The Labute approximate surface area is 615 Å². The topological polar surface area (TPSA) is 176 Å². The fourth-order valence-electron chi connectivity index (χ4n) is 10.8. The molecule has 6 aromatic heterocycles. The van der Waals surface area contributed by atoms with Crippen molar-refractivity contribution in [2.45, 2.75) is 77.8 Å². The van der Waals surface area contributed by atoms with Gasteiger partial charge in [0, 0.05) is 59.3 Å². The van der Waals surface area contributed by atoms with Gasteiger partial charge in [-0.25, -0.2) is 15.0 Å². The van der Waals surface area contributed by atoms with E-state index in [1.54, 1.807) is 28.8 Å². The maximum Gasteiger partial charge on any atom is 0.262 e. The Morgan fingerprint density at radius 3 is 1.27 bits per heavy atom. The lowest BCUT2D eigenvalue weighted by atomic mass is 10.1. The molecule has 11 aromatic rings. The van der Waals surface area contributed by atoms with Gasteiger partial charge < -0.3 is 30.2 Å². The van der Waals surface area contributed by atoms with Crippen molar-refractivity contribution in [1.82, 2.24) is 58.9 Å². The van der Waals surface area contributed by atoms with Gasteiger partial charge in [-0.2, -0.15) is 0 Å². The molecule has 0 radical (unpaired) electrons. The molecular formula is C74H84Br3ClN12O5S3. The molecule has 1 amide bonds. The third kappa shape index (κ3) is 21.4. The van der Waals surface area contributed by atoms with E-state index in [2.05, 4.69) is 127 Å². The van der Waals surface area contributed by atoms with Crippen LogP contribution in [0.3, 0.4) is 0 Å². The third-order valence-electron chi connectivity index (χ3n) is 16.0. The number of hydrogen-bond donors (Lipinski definition) is 2. The zero-order valence-electron chi connectivity index (χ0n) is 56.6.